The number of hydrogen-bond donors (Lipinski definition) is 2. The lowest BCUT2D eigenvalue weighted by Gasteiger charge is -2.18. The fourth-order valence-electron chi connectivity index (χ4n) is 1.76. The molecule has 0 spiro atoms. The van der Waals surface area contributed by atoms with Crippen LogP contribution in [0.4, 0.5) is 10.5 Å². The molecular formula is C14H19N3O2S. The molecule has 0 saturated heterocycles. The average Bonchev–Trinajstić information content (AvgIpc) is 3.22. The number of urea groups is 1. The molecule has 0 radical (unpaired) electrons. The van der Waals surface area contributed by atoms with Crippen LogP contribution in [0, 0.1) is 0 Å². The predicted octanol–water partition coefficient (Wildman–Crippen LogP) is 1.83. The van der Waals surface area contributed by atoms with Gasteiger partial charge < -0.3 is 10.2 Å². The van der Waals surface area contributed by atoms with Crippen molar-refractivity contribution in [3.05, 3.63) is 24.3 Å². The Morgan fingerprint density at radius 3 is 2.50 bits per heavy atom. The van der Waals surface area contributed by atoms with Crippen molar-refractivity contribution in [1.82, 2.24) is 10.6 Å². The van der Waals surface area contributed by atoms with Gasteiger partial charge in [0.1, 0.15) is 0 Å². The molecule has 1 saturated carbocycles. The summed E-state index contributed by atoms with van der Waals surface area (Å²) in [6, 6.07) is 7.79. The lowest BCUT2D eigenvalue weighted by atomic mass is 10.3. The molecule has 2 N–H and O–H groups in total. The molecule has 6 heteroatoms. The Kier molecular flexibility index (Phi) is 4.89. The van der Waals surface area contributed by atoms with Gasteiger partial charge in [0.05, 0.1) is 6.54 Å². The number of benzene rings is 1. The molecular weight excluding hydrogens is 274 g/mol. The van der Waals surface area contributed by atoms with Crippen molar-refractivity contribution in [3.8, 4) is 0 Å². The highest BCUT2D eigenvalue weighted by atomic mass is 32.2. The molecule has 5 nitrogen and oxygen atoms in total. The summed E-state index contributed by atoms with van der Waals surface area (Å²) in [5.74, 6) is -0.306. The molecule has 1 aromatic carbocycles. The molecule has 2 rings (SSSR count). The minimum Gasteiger partial charge on any atom is -0.365 e. The van der Waals surface area contributed by atoms with Crippen molar-refractivity contribution in [1.29, 1.82) is 0 Å². The van der Waals surface area contributed by atoms with Crippen LogP contribution in [0.25, 0.3) is 0 Å². The largest absolute Gasteiger partial charge is 0.365 e. The number of rotatable bonds is 5. The van der Waals surface area contributed by atoms with E-state index in [4.69, 9.17) is 0 Å². The summed E-state index contributed by atoms with van der Waals surface area (Å²) >= 11 is 1.67. The van der Waals surface area contributed by atoms with Crippen LogP contribution in [0.15, 0.2) is 29.2 Å². The second kappa shape index (κ2) is 6.65. The number of amides is 3. The van der Waals surface area contributed by atoms with E-state index >= 15 is 0 Å². The zero-order chi connectivity index (χ0) is 14.5. The van der Waals surface area contributed by atoms with Crippen molar-refractivity contribution in [2.45, 2.75) is 23.8 Å². The van der Waals surface area contributed by atoms with Gasteiger partial charge in [0.15, 0.2) is 0 Å². The van der Waals surface area contributed by atoms with E-state index in [1.54, 1.807) is 11.8 Å². The summed E-state index contributed by atoms with van der Waals surface area (Å²) in [5.41, 5.74) is 0.945. The Morgan fingerprint density at radius 2 is 1.95 bits per heavy atom. The molecule has 0 unspecified atom stereocenters. The quantitative estimate of drug-likeness (QED) is 0.813. The third-order valence-electron chi connectivity index (χ3n) is 3.06. The predicted molar refractivity (Wildman–Crippen MR) is 81.2 cm³/mol. The molecule has 3 amide bonds. The van der Waals surface area contributed by atoms with E-state index in [9.17, 15) is 9.59 Å². The number of nitrogens with one attached hydrogen (secondary N) is 2. The molecule has 0 aromatic heterocycles. The highest BCUT2D eigenvalue weighted by Crippen LogP contribution is 2.19. The number of thioether (sulfide) groups is 1. The summed E-state index contributed by atoms with van der Waals surface area (Å²) in [6.07, 6.45) is 4.03. The van der Waals surface area contributed by atoms with Crippen LogP contribution in [-0.4, -0.2) is 37.8 Å². The molecule has 1 aliphatic carbocycles. The van der Waals surface area contributed by atoms with Gasteiger partial charge in [-0.05, 0) is 43.4 Å². The second-order valence-electron chi connectivity index (χ2n) is 4.85. The van der Waals surface area contributed by atoms with E-state index in [0.717, 1.165) is 18.5 Å². The molecule has 0 bridgehead atoms. The van der Waals surface area contributed by atoms with Gasteiger partial charge in [0, 0.05) is 23.7 Å². The van der Waals surface area contributed by atoms with Gasteiger partial charge in [0.25, 0.3) is 0 Å². The fraction of sp³-hybridized carbons (Fsp3) is 0.429. The minimum atomic E-state index is -0.399. The number of likely N-dealkylation sites (N-methyl/N-ethyl adjacent to an activating group) is 1. The Balaban J connectivity index is 1.80. The molecule has 108 valence electrons. The molecule has 1 fully saturated rings. The molecule has 0 aliphatic heterocycles. The van der Waals surface area contributed by atoms with Crippen LogP contribution < -0.4 is 15.5 Å². The Morgan fingerprint density at radius 1 is 1.30 bits per heavy atom. The van der Waals surface area contributed by atoms with Crippen molar-refractivity contribution in [2.24, 2.45) is 0 Å². The maximum Gasteiger partial charge on any atom is 0.321 e. The first-order chi connectivity index (χ1) is 9.58. The zero-order valence-corrected chi connectivity index (χ0v) is 12.5. The SMILES string of the molecule is CSc1ccc(N(C)CC(=O)NC(=O)NC2CC2)cc1. The number of nitrogens with zero attached hydrogens (tertiary/aromatic N) is 1. The van der Waals surface area contributed by atoms with Crippen LogP contribution in [0.2, 0.25) is 0 Å². The van der Waals surface area contributed by atoms with Crippen LogP contribution in [0.1, 0.15) is 12.8 Å². The minimum absolute atomic E-state index is 0.150. The van der Waals surface area contributed by atoms with Crippen LogP contribution in [0.3, 0.4) is 0 Å². The number of anilines is 1. The fourth-order valence-corrected chi connectivity index (χ4v) is 2.17. The molecule has 1 aliphatic rings. The third-order valence-corrected chi connectivity index (χ3v) is 3.80. The molecule has 1 aromatic rings. The van der Waals surface area contributed by atoms with E-state index < -0.39 is 6.03 Å². The molecule has 20 heavy (non-hydrogen) atoms. The van der Waals surface area contributed by atoms with Crippen molar-refractivity contribution in [2.75, 3.05) is 24.7 Å². The topological polar surface area (TPSA) is 61.4 Å². The Labute approximate surface area is 123 Å². The standard InChI is InChI=1S/C14H19N3O2S/c1-17(11-5-7-12(20-2)8-6-11)9-13(18)16-14(19)15-10-3-4-10/h5-8,10H,3-4,9H2,1-2H3,(H2,15,16,18,19). The zero-order valence-electron chi connectivity index (χ0n) is 11.7. The summed E-state index contributed by atoms with van der Waals surface area (Å²) in [5, 5.41) is 5.06. The smallest absolute Gasteiger partial charge is 0.321 e. The molecule has 0 atom stereocenters. The third kappa shape index (κ3) is 4.45. The van der Waals surface area contributed by atoms with Crippen LogP contribution >= 0.6 is 11.8 Å². The lowest BCUT2D eigenvalue weighted by molar-refractivity contribution is -0.118. The van der Waals surface area contributed by atoms with Gasteiger partial charge in [-0.1, -0.05) is 0 Å². The first-order valence-electron chi connectivity index (χ1n) is 6.54. The van der Waals surface area contributed by atoms with Gasteiger partial charge in [-0.15, -0.1) is 11.8 Å². The van der Waals surface area contributed by atoms with Gasteiger partial charge in [0.2, 0.25) is 5.91 Å². The van der Waals surface area contributed by atoms with Crippen molar-refractivity contribution >= 4 is 29.4 Å². The first kappa shape index (κ1) is 14.7. The monoisotopic (exact) mass is 293 g/mol. The van der Waals surface area contributed by atoms with E-state index in [1.165, 1.54) is 4.90 Å². The summed E-state index contributed by atoms with van der Waals surface area (Å²) in [6.45, 7) is 0.150. The Hall–Kier alpha value is -1.69. The van der Waals surface area contributed by atoms with E-state index in [-0.39, 0.29) is 18.5 Å². The first-order valence-corrected chi connectivity index (χ1v) is 7.76. The molecule has 0 heterocycles. The Bertz CT molecular complexity index is 486. The normalized spacial score (nSPS) is 13.7. The maximum atomic E-state index is 11.7. The highest BCUT2D eigenvalue weighted by Gasteiger charge is 2.24. The average molecular weight is 293 g/mol. The van der Waals surface area contributed by atoms with E-state index in [2.05, 4.69) is 10.6 Å². The van der Waals surface area contributed by atoms with Gasteiger partial charge >= 0.3 is 6.03 Å². The van der Waals surface area contributed by atoms with Crippen molar-refractivity contribution in [3.63, 3.8) is 0 Å². The van der Waals surface area contributed by atoms with E-state index in [1.807, 2.05) is 42.5 Å². The second-order valence-corrected chi connectivity index (χ2v) is 5.73. The summed E-state index contributed by atoms with van der Waals surface area (Å²) in [7, 11) is 1.83. The van der Waals surface area contributed by atoms with E-state index in [0.29, 0.717) is 0 Å². The lowest BCUT2D eigenvalue weighted by Crippen LogP contribution is -2.44. The number of carbonyl (C=O) groups excluding carboxylic acids is 2. The summed E-state index contributed by atoms with van der Waals surface area (Å²) in [4.78, 5) is 26.2. The van der Waals surface area contributed by atoms with Gasteiger partial charge in [-0.3, -0.25) is 10.1 Å². The highest BCUT2D eigenvalue weighted by molar-refractivity contribution is 7.98. The number of hydrogen-bond acceptors (Lipinski definition) is 4. The van der Waals surface area contributed by atoms with Gasteiger partial charge in [-0.2, -0.15) is 0 Å². The van der Waals surface area contributed by atoms with Crippen LogP contribution in [-0.2, 0) is 4.79 Å². The number of imide groups is 1. The summed E-state index contributed by atoms with van der Waals surface area (Å²) < 4.78 is 0. The van der Waals surface area contributed by atoms with Gasteiger partial charge in [-0.25, -0.2) is 4.79 Å². The number of carbonyl (C=O) groups is 2. The van der Waals surface area contributed by atoms with Crippen LogP contribution in [0.5, 0.6) is 0 Å². The maximum absolute atomic E-state index is 11.7. The van der Waals surface area contributed by atoms with Crippen molar-refractivity contribution < 1.29 is 9.59 Å².